The largest absolute Gasteiger partial charge is 0.402 e. The van der Waals surface area contributed by atoms with Gasteiger partial charge < -0.3 is 14.2 Å². The number of rotatable bonds is 4. The number of nitrogens with zero attached hydrogens (tertiary/aromatic N) is 4. The number of fused-ring (bicyclic) bond motifs is 1. The van der Waals surface area contributed by atoms with Gasteiger partial charge in [-0.25, -0.2) is 4.79 Å². The summed E-state index contributed by atoms with van der Waals surface area (Å²) in [6.45, 7) is 13.1. The van der Waals surface area contributed by atoms with Crippen LogP contribution in [0, 0.1) is 13.8 Å². The minimum Gasteiger partial charge on any atom is -0.402 e. The summed E-state index contributed by atoms with van der Waals surface area (Å²) in [6, 6.07) is 0.565. The second-order valence-electron chi connectivity index (χ2n) is 8.28. The van der Waals surface area contributed by atoms with Gasteiger partial charge in [-0.3, -0.25) is 14.8 Å². The van der Waals surface area contributed by atoms with Gasteiger partial charge in [0.2, 0.25) is 11.6 Å². The van der Waals surface area contributed by atoms with Gasteiger partial charge in [0.1, 0.15) is 0 Å². The molecule has 0 atom stereocenters. The minimum absolute atomic E-state index is 0.00940. The Morgan fingerprint density at radius 2 is 1.83 bits per heavy atom. The maximum Gasteiger partial charge on any atom is 0.341 e. The van der Waals surface area contributed by atoms with E-state index in [1.165, 1.54) is 0 Å². The quantitative estimate of drug-likeness (QED) is 0.831. The van der Waals surface area contributed by atoms with E-state index in [0.717, 1.165) is 75.3 Å². The Balaban J connectivity index is 1.38. The average molecular weight is 402 g/mol. The molecular weight excluding hydrogens is 370 g/mol. The number of carbonyl (C=O) groups excluding carboxylic acids is 1. The van der Waals surface area contributed by atoms with Crippen LogP contribution in [0.5, 0.6) is 0 Å². The van der Waals surface area contributed by atoms with E-state index < -0.39 is 5.63 Å². The number of aryl methyl sites for hydroxylation is 2. The first-order chi connectivity index (χ1) is 14.0. The van der Waals surface area contributed by atoms with E-state index in [0.29, 0.717) is 17.3 Å². The Kier molecular flexibility index (Phi) is 5.74. The molecule has 0 radical (unpaired) electrons. The van der Waals surface area contributed by atoms with Crippen LogP contribution in [0.25, 0.3) is 11.1 Å². The lowest BCUT2D eigenvalue weighted by molar-refractivity contribution is -0.132. The van der Waals surface area contributed by atoms with Crippen LogP contribution in [0.4, 0.5) is 0 Å². The van der Waals surface area contributed by atoms with Crippen molar-refractivity contribution >= 4 is 17.0 Å². The third-order valence-electron chi connectivity index (χ3n) is 6.69. The summed E-state index contributed by atoms with van der Waals surface area (Å²) in [6.07, 6.45) is 2.10. The maximum absolute atomic E-state index is 12.9. The maximum atomic E-state index is 12.9. The highest BCUT2D eigenvalue weighted by atomic mass is 16.4. The van der Waals surface area contributed by atoms with Gasteiger partial charge in [-0.15, -0.1) is 5.10 Å². The van der Waals surface area contributed by atoms with Crippen LogP contribution < -0.4 is 5.63 Å². The molecule has 0 aliphatic carbocycles. The lowest BCUT2D eigenvalue weighted by Crippen LogP contribution is -2.53. The predicted octanol–water partition coefficient (Wildman–Crippen LogP) is 1.30. The third kappa shape index (κ3) is 3.96. The van der Waals surface area contributed by atoms with Crippen LogP contribution in [0.3, 0.4) is 0 Å². The fraction of sp³-hybridized carbons (Fsp3) is 0.667. The lowest BCUT2D eigenvalue weighted by Gasteiger charge is -2.42. The minimum atomic E-state index is -0.460. The van der Waals surface area contributed by atoms with Crippen LogP contribution in [-0.4, -0.2) is 82.7 Å². The summed E-state index contributed by atoms with van der Waals surface area (Å²) in [5, 5.41) is 7.67. The van der Waals surface area contributed by atoms with E-state index in [1.54, 1.807) is 0 Å². The number of likely N-dealkylation sites (tertiary alicyclic amines) is 1. The standard InChI is InChI=1S/C21H31N5O3/c1-4-24-9-11-25(12-10-24)16-5-7-26(8-6-16)18(27)13-17-14(2)19-15(3)22-23-20(19)29-21(17)28/h16H,4-13H2,1-3H3,(H,22,23). The highest BCUT2D eigenvalue weighted by Gasteiger charge is 2.29. The zero-order chi connectivity index (χ0) is 20.5. The molecule has 2 fully saturated rings. The van der Waals surface area contributed by atoms with Crippen LogP contribution in [0.15, 0.2) is 9.21 Å². The number of amides is 1. The zero-order valence-corrected chi connectivity index (χ0v) is 17.7. The van der Waals surface area contributed by atoms with E-state index in [2.05, 4.69) is 26.9 Å². The zero-order valence-electron chi connectivity index (χ0n) is 17.7. The Labute approximate surface area is 170 Å². The molecule has 2 saturated heterocycles. The van der Waals surface area contributed by atoms with Crippen LogP contribution in [-0.2, 0) is 11.2 Å². The SMILES string of the molecule is CCN1CCN(C2CCN(C(=O)Cc3c(C)c4c(C)[nH]nc4oc3=O)CC2)CC1. The molecule has 0 unspecified atom stereocenters. The Bertz CT molecular complexity index is 934. The number of H-pyrrole nitrogens is 1. The molecular formula is C21H31N5O3. The number of hydrogen-bond donors (Lipinski definition) is 1. The molecule has 2 aliphatic heterocycles. The molecule has 0 saturated carbocycles. The number of aromatic amines is 1. The van der Waals surface area contributed by atoms with Gasteiger partial charge in [0, 0.05) is 51.0 Å². The van der Waals surface area contributed by atoms with E-state index in [1.807, 2.05) is 18.7 Å². The Morgan fingerprint density at radius 3 is 2.48 bits per heavy atom. The highest BCUT2D eigenvalue weighted by Crippen LogP contribution is 2.22. The Morgan fingerprint density at radius 1 is 1.14 bits per heavy atom. The summed E-state index contributed by atoms with van der Waals surface area (Å²) in [5.74, 6) is 0.00940. The lowest BCUT2D eigenvalue weighted by atomic mass is 10.00. The predicted molar refractivity (Wildman–Crippen MR) is 111 cm³/mol. The second-order valence-corrected chi connectivity index (χ2v) is 8.28. The first kappa shape index (κ1) is 20.1. The average Bonchev–Trinajstić information content (AvgIpc) is 3.11. The van der Waals surface area contributed by atoms with Gasteiger partial charge in [0.25, 0.3) is 0 Å². The van der Waals surface area contributed by atoms with Gasteiger partial charge in [-0.1, -0.05) is 6.92 Å². The van der Waals surface area contributed by atoms with Crippen LogP contribution in [0.1, 0.15) is 36.6 Å². The molecule has 29 heavy (non-hydrogen) atoms. The highest BCUT2D eigenvalue weighted by molar-refractivity contribution is 5.84. The van der Waals surface area contributed by atoms with Crippen molar-refractivity contribution in [1.82, 2.24) is 24.9 Å². The molecule has 8 nitrogen and oxygen atoms in total. The number of carbonyl (C=O) groups is 1. The van der Waals surface area contributed by atoms with Crippen LogP contribution >= 0.6 is 0 Å². The van der Waals surface area contributed by atoms with Crippen molar-refractivity contribution in [2.75, 3.05) is 45.8 Å². The fourth-order valence-electron chi connectivity index (χ4n) is 4.77. The summed E-state index contributed by atoms with van der Waals surface area (Å²) < 4.78 is 5.32. The van der Waals surface area contributed by atoms with E-state index >= 15 is 0 Å². The number of nitrogens with one attached hydrogen (secondary N) is 1. The van der Waals surface area contributed by atoms with Crippen molar-refractivity contribution in [3.63, 3.8) is 0 Å². The molecule has 8 heteroatoms. The molecule has 0 spiro atoms. The number of piperidine rings is 1. The summed E-state index contributed by atoms with van der Waals surface area (Å²) in [5.41, 5.74) is 1.94. The molecule has 158 valence electrons. The summed E-state index contributed by atoms with van der Waals surface area (Å²) in [4.78, 5) is 32.3. The first-order valence-corrected chi connectivity index (χ1v) is 10.7. The Hall–Kier alpha value is -2.19. The molecule has 0 bridgehead atoms. The number of piperazine rings is 1. The van der Waals surface area contributed by atoms with E-state index in [4.69, 9.17) is 4.42 Å². The molecule has 2 aliphatic rings. The van der Waals surface area contributed by atoms with Crippen molar-refractivity contribution in [2.24, 2.45) is 0 Å². The molecule has 4 heterocycles. The third-order valence-corrected chi connectivity index (χ3v) is 6.69. The number of likely N-dealkylation sites (N-methyl/N-ethyl adjacent to an activating group) is 1. The van der Waals surface area contributed by atoms with Crippen molar-refractivity contribution in [1.29, 1.82) is 0 Å². The van der Waals surface area contributed by atoms with Gasteiger partial charge in [0.15, 0.2) is 0 Å². The van der Waals surface area contributed by atoms with Crippen molar-refractivity contribution in [3.05, 3.63) is 27.2 Å². The summed E-state index contributed by atoms with van der Waals surface area (Å²) in [7, 11) is 0. The monoisotopic (exact) mass is 401 g/mol. The smallest absolute Gasteiger partial charge is 0.341 e. The van der Waals surface area contributed by atoms with Gasteiger partial charge in [0.05, 0.1) is 17.4 Å². The topological polar surface area (TPSA) is 85.7 Å². The van der Waals surface area contributed by atoms with Gasteiger partial charge >= 0.3 is 5.63 Å². The first-order valence-electron chi connectivity index (χ1n) is 10.7. The molecule has 4 rings (SSSR count). The fourth-order valence-corrected chi connectivity index (χ4v) is 4.77. The molecule has 2 aromatic heterocycles. The van der Waals surface area contributed by atoms with Crippen molar-refractivity contribution in [2.45, 2.75) is 46.1 Å². The van der Waals surface area contributed by atoms with Crippen molar-refractivity contribution in [3.8, 4) is 0 Å². The molecule has 1 amide bonds. The summed E-state index contributed by atoms with van der Waals surface area (Å²) >= 11 is 0. The van der Waals surface area contributed by atoms with Gasteiger partial charge in [-0.2, -0.15) is 0 Å². The molecule has 1 N–H and O–H groups in total. The van der Waals surface area contributed by atoms with Crippen molar-refractivity contribution < 1.29 is 9.21 Å². The van der Waals surface area contributed by atoms with E-state index in [-0.39, 0.29) is 12.3 Å². The molecule has 0 aromatic carbocycles. The molecule has 2 aromatic rings. The second kappa shape index (κ2) is 8.28. The van der Waals surface area contributed by atoms with Crippen LogP contribution in [0.2, 0.25) is 0 Å². The number of hydrogen-bond acceptors (Lipinski definition) is 6. The number of aromatic nitrogens is 2. The van der Waals surface area contributed by atoms with Gasteiger partial charge in [-0.05, 0) is 38.8 Å². The van der Waals surface area contributed by atoms with E-state index in [9.17, 15) is 9.59 Å². The normalized spacial score (nSPS) is 19.9.